The van der Waals surface area contributed by atoms with E-state index >= 15 is 0 Å². The predicted molar refractivity (Wildman–Crippen MR) is 44.0 cm³/mol. The Morgan fingerprint density at radius 1 is 1.00 bits per heavy atom. The zero-order chi connectivity index (χ0) is 10.3. The lowest BCUT2D eigenvalue weighted by Gasteiger charge is -2.02. The van der Waals surface area contributed by atoms with Gasteiger partial charge in [-0.2, -0.15) is 0 Å². The monoisotopic (exact) mass is 197 g/mol. The highest BCUT2D eigenvalue weighted by Gasteiger charge is 2.15. The molecule has 0 amide bonds. The van der Waals surface area contributed by atoms with Gasteiger partial charge >= 0.3 is 0 Å². The molecule has 1 nitrogen and oxygen atoms in total. The molecule has 1 radical (unpaired) electrons. The van der Waals surface area contributed by atoms with Gasteiger partial charge in [0.2, 0.25) is 0 Å². The van der Waals surface area contributed by atoms with E-state index in [1.165, 1.54) is 12.1 Å². The number of hydrogen-bond donors (Lipinski definition) is 0. The summed E-state index contributed by atoms with van der Waals surface area (Å²) in [5, 5.41) is 10.4. The van der Waals surface area contributed by atoms with Gasteiger partial charge in [-0.05, 0) is 6.07 Å². The first-order chi connectivity index (χ1) is 6.61. The number of rotatable bonds is 0. The summed E-state index contributed by atoms with van der Waals surface area (Å²) in [6.07, 6.45) is 0. The molecular weight excluding hydrogens is 193 g/mol. The fraction of sp³-hybridized carbons (Fsp3) is 0. The van der Waals surface area contributed by atoms with Crippen LogP contribution in [0.15, 0.2) is 24.3 Å². The molecule has 2 rings (SSSR count). The lowest BCUT2D eigenvalue weighted by Crippen LogP contribution is -1.89. The summed E-state index contributed by atoms with van der Waals surface area (Å²) in [4.78, 5) is 0. The Labute approximate surface area is 77.4 Å². The lowest BCUT2D eigenvalue weighted by atomic mass is 10.1. The molecule has 0 atom stereocenters. The van der Waals surface area contributed by atoms with Crippen molar-refractivity contribution in [3.63, 3.8) is 0 Å². The number of halogens is 3. The van der Waals surface area contributed by atoms with Crippen molar-refractivity contribution in [2.45, 2.75) is 0 Å². The van der Waals surface area contributed by atoms with E-state index in [-0.39, 0.29) is 5.39 Å². The van der Waals surface area contributed by atoms with E-state index in [9.17, 15) is 18.3 Å². The molecule has 71 valence electrons. The first kappa shape index (κ1) is 8.87. The molecule has 0 aromatic heterocycles. The summed E-state index contributed by atoms with van der Waals surface area (Å²) in [5.41, 5.74) is 0. The second-order valence-electron chi connectivity index (χ2n) is 2.83. The summed E-state index contributed by atoms with van der Waals surface area (Å²) in [6.45, 7) is 0. The maximum absolute atomic E-state index is 13.1. The molecule has 2 aromatic carbocycles. The zero-order valence-electron chi connectivity index (χ0n) is 6.85. The molecule has 4 heteroatoms. The fourth-order valence-corrected chi connectivity index (χ4v) is 1.33. The summed E-state index contributed by atoms with van der Waals surface area (Å²) >= 11 is 0. The Balaban J connectivity index is 3.03. The zero-order valence-corrected chi connectivity index (χ0v) is 6.85. The SMILES string of the molecule is [O]c1cc(F)c(F)c2c(F)cccc12. The number of fused-ring (bicyclic) bond motifs is 1. The second kappa shape index (κ2) is 2.90. The molecule has 2 aromatic rings. The summed E-state index contributed by atoms with van der Waals surface area (Å²) in [7, 11) is 0. The number of benzene rings is 2. The minimum Gasteiger partial charge on any atom is -0.289 e. The van der Waals surface area contributed by atoms with E-state index in [2.05, 4.69) is 0 Å². The Morgan fingerprint density at radius 3 is 2.43 bits per heavy atom. The third-order valence-electron chi connectivity index (χ3n) is 1.97. The molecule has 0 spiro atoms. The summed E-state index contributed by atoms with van der Waals surface area (Å²) < 4.78 is 38.9. The van der Waals surface area contributed by atoms with Crippen molar-refractivity contribution < 1.29 is 18.3 Å². The molecule has 0 aliphatic heterocycles. The maximum atomic E-state index is 13.1. The maximum Gasteiger partial charge on any atom is 0.189 e. The van der Waals surface area contributed by atoms with Gasteiger partial charge in [0.05, 0.1) is 5.39 Å². The van der Waals surface area contributed by atoms with E-state index < -0.39 is 28.6 Å². The molecule has 0 bridgehead atoms. The van der Waals surface area contributed by atoms with Gasteiger partial charge in [0.15, 0.2) is 17.4 Å². The van der Waals surface area contributed by atoms with Crippen LogP contribution in [-0.2, 0) is 5.11 Å². The third-order valence-corrected chi connectivity index (χ3v) is 1.97. The van der Waals surface area contributed by atoms with Crippen molar-refractivity contribution in [2.24, 2.45) is 0 Å². The van der Waals surface area contributed by atoms with Gasteiger partial charge in [0, 0.05) is 11.5 Å². The highest BCUT2D eigenvalue weighted by molar-refractivity contribution is 5.89. The smallest absolute Gasteiger partial charge is 0.189 e. The summed E-state index contributed by atoms with van der Waals surface area (Å²) in [6, 6.07) is 4.01. The largest absolute Gasteiger partial charge is 0.289 e. The Morgan fingerprint density at radius 2 is 1.71 bits per heavy atom. The van der Waals surface area contributed by atoms with E-state index in [0.29, 0.717) is 6.07 Å². The van der Waals surface area contributed by atoms with Crippen LogP contribution < -0.4 is 0 Å². The van der Waals surface area contributed by atoms with Gasteiger partial charge in [-0.3, -0.25) is 5.11 Å². The molecule has 0 saturated carbocycles. The molecule has 14 heavy (non-hydrogen) atoms. The minimum absolute atomic E-state index is 0.149. The summed E-state index contributed by atoms with van der Waals surface area (Å²) in [5.74, 6) is -4.31. The van der Waals surface area contributed by atoms with E-state index in [0.717, 1.165) is 6.07 Å². The van der Waals surface area contributed by atoms with Crippen LogP contribution in [0, 0.1) is 17.5 Å². The van der Waals surface area contributed by atoms with Gasteiger partial charge in [-0.15, -0.1) is 0 Å². The normalized spacial score (nSPS) is 10.8. The van der Waals surface area contributed by atoms with Crippen LogP contribution in [-0.4, -0.2) is 0 Å². The standard InChI is InChI=1S/C10H4F3O/c11-6-3-1-2-5-8(14)4-7(12)10(13)9(5)6/h1-4H. The molecule has 0 N–H and O–H groups in total. The van der Waals surface area contributed by atoms with Crippen LogP contribution in [0.4, 0.5) is 13.2 Å². The van der Waals surface area contributed by atoms with Crippen LogP contribution in [0.25, 0.3) is 10.8 Å². The van der Waals surface area contributed by atoms with E-state index in [1.54, 1.807) is 0 Å². The predicted octanol–water partition coefficient (Wildman–Crippen LogP) is 3.40. The first-order valence-corrected chi connectivity index (χ1v) is 3.84. The van der Waals surface area contributed by atoms with Crippen molar-refractivity contribution in [3.05, 3.63) is 41.7 Å². The Kier molecular flexibility index (Phi) is 1.84. The molecule has 0 aliphatic carbocycles. The van der Waals surface area contributed by atoms with Crippen LogP contribution in [0.1, 0.15) is 0 Å². The van der Waals surface area contributed by atoms with Crippen molar-refractivity contribution in [2.75, 3.05) is 0 Å². The molecule has 0 aliphatic rings. The van der Waals surface area contributed by atoms with Gasteiger partial charge in [0.1, 0.15) is 5.82 Å². The average molecular weight is 197 g/mol. The van der Waals surface area contributed by atoms with Crippen LogP contribution >= 0.6 is 0 Å². The molecule has 0 saturated heterocycles. The second-order valence-corrected chi connectivity index (χ2v) is 2.83. The topological polar surface area (TPSA) is 19.9 Å². The van der Waals surface area contributed by atoms with Crippen molar-refractivity contribution >= 4 is 10.8 Å². The fourth-order valence-electron chi connectivity index (χ4n) is 1.33. The van der Waals surface area contributed by atoms with Gasteiger partial charge in [-0.25, -0.2) is 13.2 Å². The molecule has 0 unspecified atom stereocenters. The Bertz CT molecular complexity index is 508. The van der Waals surface area contributed by atoms with Gasteiger partial charge < -0.3 is 0 Å². The molecular formula is C10H4F3O. The van der Waals surface area contributed by atoms with Crippen molar-refractivity contribution in [1.29, 1.82) is 0 Å². The van der Waals surface area contributed by atoms with E-state index in [4.69, 9.17) is 0 Å². The van der Waals surface area contributed by atoms with Gasteiger partial charge in [0.25, 0.3) is 0 Å². The highest BCUT2D eigenvalue weighted by atomic mass is 19.2. The molecule has 0 fully saturated rings. The van der Waals surface area contributed by atoms with Crippen LogP contribution in [0.2, 0.25) is 0 Å². The van der Waals surface area contributed by atoms with Crippen molar-refractivity contribution in [1.82, 2.24) is 0 Å². The van der Waals surface area contributed by atoms with Crippen molar-refractivity contribution in [3.8, 4) is 5.75 Å². The Hall–Kier alpha value is -1.71. The van der Waals surface area contributed by atoms with Gasteiger partial charge in [-0.1, -0.05) is 12.1 Å². The van der Waals surface area contributed by atoms with E-state index in [1.807, 2.05) is 0 Å². The average Bonchev–Trinajstić information content (AvgIpc) is 2.14. The number of hydrogen-bond acceptors (Lipinski definition) is 0. The molecule has 0 heterocycles. The first-order valence-electron chi connectivity index (χ1n) is 3.84. The third kappa shape index (κ3) is 1.11. The quantitative estimate of drug-likeness (QED) is 0.616. The highest BCUT2D eigenvalue weighted by Crippen LogP contribution is 2.30. The van der Waals surface area contributed by atoms with Crippen LogP contribution in [0.5, 0.6) is 5.75 Å². The van der Waals surface area contributed by atoms with Crippen LogP contribution in [0.3, 0.4) is 0 Å². The minimum atomic E-state index is -1.33. The lowest BCUT2D eigenvalue weighted by molar-refractivity contribution is 0.355.